The minimum Gasteiger partial charge on any atom is -0.481 e. The Hall–Kier alpha value is -2.87. The molecular formula is C14H12ClN3O5. The van der Waals surface area contributed by atoms with E-state index in [1.54, 1.807) is 31.2 Å². The fourth-order valence-corrected chi connectivity index (χ4v) is 1.74. The number of carbonyl (C=O) groups is 1. The van der Waals surface area contributed by atoms with E-state index < -0.39 is 22.8 Å². The molecular weight excluding hydrogens is 326 g/mol. The van der Waals surface area contributed by atoms with E-state index in [9.17, 15) is 14.9 Å². The van der Waals surface area contributed by atoms with Gasteiger partial charge in [-0.2, -0.15) is 5.10 Å². The quantitative estimate of drug-likeness (QED) is 0.495. The molecule has 0 fully saturated rings. The van der Waals surface area contributed by atoms with Gasteiger partial charge >= 0.3 is 5.88 Å². The van der Waals surface area contributed by atoms with Crippen LogP contribution in [0.5, 0.6) is 5.75 Å². The lowest BCUT2D eigenvalue weighted by Crippen LogP contribution is -2.33. The number of ether oxygens (including phenoxy) is 1. The van der Waals surface area contributed by atoms with Crippen LogP contribution in [-0.4, -0.2) is 23.1 Å². The zero-order chi connectivity index (χ0) is 16.8. The number of amides is 1. The Kier molecular flexibility index (Phi) is 5.32. The van der Waals surface area contributed by atoms with Crippen LogP contribution >= 0.6 is 11.6 Å². The van der Waals surface area contributed by atoms with E-state index in [2.05, 4.69) is 10.5 Å². The molecule has 8 nitrogen and oxygen atoms in total. The molecule has 1 aromatic carbocycles. The molecule has 2 aromatic rings. The van der Waals surface area contributed by atoms with Crippen LogP contribution in [0.1, 0.15) is 12.7 Å². The summed E-state index contributed by atoms with van der Waals surface area (Å²) in [5, 5.41) is 14.6. The highest BCUT2D eigenvalue weighted by molar-refractivity contribution is 6.30. The molecule has 1 aromatic heterocycles. The van der Waals surface area contributed by atoms with Crippen molar-refractivity contribution in [2.75, 3.05) is 0 Å². The van der Waals surface area contributed by atoms with Crippen LogP contribution in [0.4, 0.5) is 5.88 Å². The summed E-state index contributed by atoms with van der Waals surface area (Å²) in [6, 6.07) is 9.18. The van der Waals surface area contributed by atoms with Gasteiger partial charge in [0.25, 0.3) is 5.91 Å². The van der Waals surface area contributed by atoms with Gasteiger partial charge in [0.15, 0.2) is 11.9 Å². The van der Waals surface area contributed by atoms with Crippen molar-refractivity contribution in [2.45, 2.75) is 13.0 Å². The number of nitrogens with zero attached hydrogens (tertiary/aromatic N) is 2. The summed E-state index contributed by atoms with van der Waals surface area (Å²) in [6.07, 6.45) is 0.341. The normalized spacial score (nSPS) is 12.1. The zero-order valence-electron chi connectivity index (χ0n) is 11.9. The van der Waals surface area contributed by atoms with E-state index in [1.807, 2.05) is 0 Å². The summed E-state index contributed by atoms with van der Waals surface area (Å²) >= 11 is 5.82. The molecule has 1 unspecified atom stereocenters. The molecule has 1 heterocycles. The van der Waals surface area contributed by atoms with Crippen molar-refractivity contribution in [2.24, 2.45) is 5.10 Å². The average Bonchev–Trinajstić information content (AvgIpc) is 2.96. The van der Waals surface area contributed by atoms with Gasteiger partial charge in [-0.15, -0.1) is 0 Å². The molecule has 0 aliphatic rings. The number of nitrogens with one attached hydrogen (secondary N) is 1. The number of benzene rings is 1. The Morgan fingerprint density at radius 2 is 2.26 bits per heavy atom. The smallest absolute Gasteiger partial charge is 0.433 e. The number of hydrogen-bond acceptors (Lipinski definition) is 6. The summed E-state index contributed by atoms with van der Waals surface area (Å²) in [7, 11) is 0. The van der Waals surface area contributed by atoms with Crippen molar-refractivity contribution >= 4 is 29.6 Å². The lowest BCUT2D eigenvalue weighted by Gasteiger charge is -2.12. The van der Waals surface area contributed by atoms with Crippen molar-refractivity contribution in [3.05, 3.63) is 57.3 Å². The van der Waals surface area contributed by atoms with Gasteiger partial charge in [0.2, 0.25) is 0 Å². The van der Waals surface area contributed by atoms with Gasteiger partial charge in [-0.1, -0.05) is 17.7 Å². The molecule has 0 saturated carbocycles. The van der Waals surface area contributed by atoms with Crippen LogP contribution in [0.25, 0.3) is 0 Å². The predicted octanol–water partition coefficient (Wildman–Crippen LogP) is 2.76. The van der Waals surface area contributed by atoms with Crippen molar-refractivity contribution < 1.29 is 18.9 Å². The second kappa shape index (κ2) is 7.41. The number of carbonyl (C=O) groups excluding carboxylic acids is 1. The van der Waals surface area contributed by atoms with Crippen molar-refractivity contribution in [1.29, 1.82) is 0 Å². The maximum absolute atomic E-state index is 11.8. The molecule has 0 spiro atoms. The van der Waals surface area contributed by atoms with Crippen LogP contribution in [-0.2, 0) is 4.79 Å². The molecule has 9 heteroatoms. The average molecular weight is 338 g/mol. The summed E-state index contributed by atoms with van der Waals surface area (Å²) in [5.74, 6) is -0.316. The van der Waals surface area contributed by atoms with Gasteiger partial charge in [0, 0.05) is 5.02 Å². The van der Waals surface area contributed by atoms with Gasteiger partial charge in [-0.25, -0.2) is 5.43 Å². The molecule has 2 rings (SSSR count). The highest BCUT2D eigenvalue weighted by Crippen LogP contribution is 2.18. The molecule has 23 heavy (non-hydrogen) atoms. The molecule has 1 amide bonds. The molecule has 1 atom stereocenters. The summed E-state index contributed by atoms with van der Waals surface area (Å²) < 4.78 is 10.3. The monoisotopic (exact) mass is 337 g/mol. The van der Waals surface area contributed by atoms with E-state index in [0.717, 1.165) is 6.21 Å². The van der Waals surface area contributed by atoms with Crippen LogP contribution in [0.3, 0.4) is 0 Å². The van der Waals surface area contributed by atoms with Crippen molar-refractivity contribution in [3.63, 3.8) is 0 Å². The number of nitro groups is 1. The Balaban J connectivity index is 1.88. The summed E-state index contributed by atoms with van der Waals surface area (Å²) in [5.41, 5.74) is 2.25. The highest BCUT2D eigenvalue weighted by atomic mass is 35.5. The second-order valence-corrected chi connectivity index (χ2v) is 4.82. The van der Waals surface area contributed by atoms with Crippen LogP contribution in [0, 0.1) is 10.1 Å². The van der Waals surface area contributed by atoms with E-state index in [0.29, 0.717) is 10.8 Å². The predicted molar refractivity (Wildman–Crippen MR) is 82.6 cm³/mol. The number of hydrogen-bond donors (Lipinski definition) is 1. The minimum atomic E-state index is -0.809. The Morgan fingerprint density at radius 1 is 1.48 bits per heavy atom. The Bertz CT molecular complexity index is 744. The van der Waals surface area contributed by atoms with E-state index in [-0.39, 0.29) is 5.76 Å². The molecule has 120 valence electrons. The Labute approximate surface area is 135 Å². The molecule has 0 saturated heterocycles. The lowest BCUT2D eigenvalue weighted by molar-refractivity contribution is -0.402. The number of hydrazone groups is 1. The molecule has 0 bridgehead atoms. The van der Waals surface area contributed by atoms with Crippen molar-refractivity contribution in [1.82, 2.24) is 5.43 Å². The molecule has 0 aliphatic heterocycles. The van der Waals surface area contributed by atoms with Gasteiger partial charge in [-0.3, -0.25) is 14.9 Å². The lowest BCUT2D eigenvalue weighted by atomic mass is 10.3. The first kappa shape index (κ1) is 16.5. The maximum atomic E-state index is 11.8. The zero-order valence-corrected chi connectivity index (χ0v) is 12.7. The van der Waals surface area contributed by atoms with E-state index >= 15 is 0 Å². The SMILES string of the molecule is CC(Oc1cccc(Cl)c1)C(=O)N/N=C/c1ccc([N+](=O)[O-])o1. The number of furan rings is 1. The second-order valence-electron chi connectivity index (χ2n) is 4.38. The first-order chi connectivity index (χ1) is 11.0. The van der Waals surface area contributed by atoms with Crippen LogP contribution in [0.15, 0.2) is 45.9 Å². The van der Waals surface area contributed by atoms with E-state index in [4.69, 9.17) is 20.8 Å². The standard InChI is InChI=1S/C14H12ClN3O5/c1-9(22-11-4-2-3-10(15)7-11)14(19)17-16-8-12-5-6-13(23-12)18(20)21/h2-9H,1H3,(H,17,19)/b16-8+. The van der Waals surface area contributed by atoms with Gasteiger partial charge in [-0.05, 0) is 31.2 Å². The first-order valence-electron chi connectivity index (χ1n) is 6.45. The number of rotatable bonds is 6. The third-order valence-corrected chi connectivity index (χ3v) is 2.87. The summed E-state index contributed by atoms with van der Waals surface area (Å²) in [4.78, 5) is 21.6. The molecule has 1 N–H and O–H groups in total. The number of halogens is 1. The summed E-state index contributed by atoms with van der Waals surface area (Å²) in [6.45, 7) is 1.55. The van der Waals surface area contributed by atoms with Crippen LogP contribution < -0.4 is 10.2 Å². The third kappa shape index (κ3) is 4.82. The fraction of sp³-hybridized carbons (Fsp3) is 0.143. The van der Waals surface area contributed by atoms with Gasteiger partial charge in [0.05, 0.1) is 12.3 Å². The van der Waals surface area contributed by atoms with Gasteiger partial charge in [0.1, 0.15) is 10.7 Å². The first-order valence-corrected chi connectivity index (χ1v) is 6.83. The van der Waals surface area contributed by atoms with Gasteiger partial charge < -0.3 is 9.15 Å². The topological polar surface area (TPSA) is 107 Å². The highest BCUT2D eigenvalue weighted by Gasteiger charge is 2.14. The maximum Gasteiger partial charge on any atom is 0.433 e. The van der Waals surface area contributed by atoms with Crippen LogP contribution in [0.2, 0.25) is 5.02 Å². The molecule has 0 radical (unpaired) electrons. The fourth-order valence-electron chi connectivity index (χ4n) is 1.56. The largest absolute Gasteiger partial charge is 0.481 e. The van der Waals surface area contributed by atoms with Crippen molar-refractivity contribution in [3.8, 4) is 5.75 Å². The minimum absolute atomic E-state index is 0.139. The van der Waals surface area contributed by atoms with E-state index in [1.165, 1.54) is 12.1 Å². The Morgan fingerprint density at radius 3 is 2.91 bits per heavy atom. The molecule has 0 aliphatic carbocycles. The third-order valence-electron chi connectivity index (χ3n) is 2.64.